The van der Waals surface area contributed by atoms with Crippen LogP contribution in [0.4, 0.5) is 0 Å². The fourth-order valence-corrected chi connectivity index (χ4v) is 2.58. The first kappa shape index (κ1) is 10.0. The van der Waals surface area contributed by atoms with Crippen molar-refractivity contribution >= 4 is 11.3 Å². The minimum Gasteiger partial charge on any atom is -0.463 e. The Hall–Kier alpha value is -1.17. The maximum Gasteiger partial charge on any atom is 0.153 e. The van der Waals surface area contributed by atoms with Crippen molar-refractivity contribution in [1.29, 1.82) is 0 Å². The molecule has 1 aliphatic rings. The van der Waals surface area contributed by atoms with Gasteiger partial charge in [0, 0.05) is 11.9 Å². The van der Waals surface area contributed by atoms with E-state index in [1.807, 2.05) is 17.5 Å². The van der Waals surface area contributed by atoms with Crippen LogP contribution < -0.4 is 5.32 Å². The van der Waals surface area contributed by atoms with Crippen LogP contribution in [0.2, 0.25) is 0 Å². The number of hydrogen-bond donors (Lipinski definition) is 1. The number of nitrogens with zero attached hydrogens (tertiary/aromatic N) is 1. The Kier molecular flexibility index (Phi) is 2.73. The second kappa shape index (κ2) is 4.37. The average Bonchev–Trinajstić information content (AvgIpc) is 3.01. The van der Waals surface area contributed by atoms with Crippen molar-refractivity contribution in [2.45, 2.75) is 6.04 Å². The lowest BCUT2D eigenvalue weighted by molar-refractivity contribution is 0.0768. The van der Waals surface area contributed by atoms with Crippen LogP contribution in [0.25, 0.3) is 11.5 Å². The summed E-state index contributed by atoms with van der Waals surface area (Å²) in [6.45, 7) is 2.37. The fraction of sp³-hybridized carbons (Fsp3) is 0.364. The molecule has 1 aliphatic heterocycles. The lowest BCUT2D eigenvalue weighted by atomic mass is 10.3. The van der Waals surface area contributed by atoms with Crippen LogP contribution in [0.1, 0.15) is 11.0 Å². The maximum atomic E-state index is 5.42. The van der Waals surface area contributed by atoms with Crippen molar-refractivity contribution < 1.29 is 9.15 Å². The first-order valence-corrected chi connectivity index (χ1v) is 6.12. The lowest BCUT2D eigenvalue weighted by Gasteiger charge is -2.21. The van der Waals surface area contributed by atoms with Crippen molar-refractivity contribution in [3.8, 4) is 11.5 Å². The molecule has 1 atom stereocenters. The summed E-state index contributed by atoms with van der Waals surface area (Å²) in [5.74, 6) is 0.819. The Morgan fingerprint density at radius 2 is 2.50 bits per heavy atom. The van der Waals surface area contributed by atoms with E-state index < -0.39 is 0 Å². The number of aromatic nitrogens is 1. The van der Waals surface area contributed by atoms with E-state index >= 15 is 0 Å². The highest BCUT2D eigenvalue weighted by Crippen LogP contribution is 2.26. The highest BCUT2D eigenvalue weighted by atomic mass is 32.1. The minimum absolute atomic E-state index is 0.225. The van der Waals surface area contributed by atoms with Crippen LogP contribution in [0.15, 0.2) is 28.2 Å². The second-order valence-electron chi connectivity index (χ2n) is 3.63. The number of nitrogens with one attached hydrogen (secondary N) is 1. The average molecular weight is 236 g/mol. The number of furan rings is 1. The monoisotopic (exact) mass is 236 g/mol. The third kappa shape index (κ3) is 1.89. The molecule has 5 heteroatoms. The first-order chi connectivity index (χ1) is 7.93. The molecule has 1 fully saturated rings. The van der Waals surface area contributed by atoms with Gasteiger partial charge in [0.05, 0.1) is 25.5 Å². The molecule has 0 radical (unpaired) electrons. The van der Waals surface area contributed by atoms with E-state index in [-0.39, 0.29) is 6.04 Å². The molecule has 1 N–H and O–H groups in total. The van der Waals surface area contributed by atoms with Gasteiger partial charge in [-0.15, -0.1) is 11.3 Å². The van der Waals surface area contributed by atoms with Gasteiger partial charge in [0.1, 0.15) is 10.7 Å². The molecule has 1 saturated heterocycles. The van der Waals surface area contributed by atoms with Crippen molar-refractivity contribution in [1.82, 2.24) is 10.3 Å². The number of ether oxygens (including phenoxy) is 1. The molecule has 16 heavy (non-hydrogen) atoms. The van der Waals surface area contributed by atoms with E-state index in [0.29, 0.717) is 6.61 Å². The van der Waals surface area contributed by atoms with Gasteiger partial charge in [-0.1, -0.05) is 0 Å². The summed E-state index contributed by atoms with van der Waals surface area (Å²) in [4.78, 5) is 4.56. The van der Waals surface area contributed by atoms with Crippen LogP contribution in [0, 0.1) is 0 Å². The highest BCUT2D eigenvalue weighted by molar-refractivity contribution is 7.10. The van der Waals surface area contributed by atoms with Crippen molar-refractivity contribution in [3.05, 3.63) is 28.8 Å². The van der Waals surface area contributed by atoms with Gasteiger partial charge < -0.3 is 14.5 Å². The van der Waals surface area contributed by atoms with Crippen LogP contribution in [0.5, 0.6) is 0 Å². The zero-order valence-corrected chi connectivity index (χ0v) is 9.50. The van der Waals surface area contributed by atoms with Gasteiger partial charge in [0.15, 0.2) is 5.76 Å². The SMILES string of the molecule is c1coc(-c2csc(C3COCCN3)n2)c1. The molecule has 0 spiro atoms. The quantitative estimate of drug-likeness (QED) is 0.867. The van der Waals surface area contributed by atoms with E-state index in [4.69, 9.17) is 9.15 Å². The van der Waals surface area contributed by atoms with Crippen LogP contribution in [0.3, 0.4) is 0 Å². The van der Waals surface area contributed by atoms with Crippen molar-refractivity contribution in [2.75, 3.05) is 19.8 Å². The van der Waals surface area contributed by atoms with E-state index in [1.165, 1.54) is 0 Å². The summed E-state index contributed by atoms with van der Waals surface area (Å²) < 4.78 is 10.7. The number of hydrogen-bond acceptors (Lipinski definition) is 5. The third-order valence-corrected chi connectivity index (χ3v) is 3.47. The zero-order valence-electron chi connectivity index (χ0n) is 8.68. The maximum absolute atomic E-state index is 5.42. The van der Waals surface area contributed by atoms with E-state index in [0.717, 1.165) is 29.6 Å². The molecule has 84 valence electrons. The number of rotatable bonds is 2. The standard InChI is InChI=1S/C11H12N2O2S/c1-2-10(15-4-1)9-7-16-11(13-9)8-6-14-5-3-12-8/h1-2,4,7-8,12H,3,5-6H2. The van der Waals surface area contributed by atoms with Gasteiger partial charge in [-0.05, 0) is 12.1 Å². The summed E-state index contributed by atoms with van der Waals surface area (Å²) in [6.07, 6.45) is 1.66. The number of morpholine rings is 1. The van der Waals surface area contributed by atoms with Gasteiger partial charge in [0.2, 0.25) is 0 Å². The molecule has 2 aromatic heterocycles. The molecule has 3 heterocycles. The molecule has 3 rings (SSSR count). The molecule has 0 aromatic carbocycles. The fourth-order valence-electron chi connectivity index (χ4n) is 1.71. The molecular formula is C11H12N2O2S. The molecule has 1 unspecified atom stereocenters. The van der Waals surface area contributed by atoms with Crippen molar-refractivity contribution in [2.24, 2.45) is 0 Å². The van der Waals surface area contributed by atoms with Gasteiger partial charge in [0.25, 0.3) is 0 Å². The lowest BCUT2D eigenvalue weighted by Crippen LogP contribution is -2.34. The van der Waals surface area contributed by atoms with E-state index in [9.17, 15) is 0 Å². The number of thiazole rings is 1. The summed E-state index contributed by atoms with van der Waals surface area (Å²) in [6, 6.07) is 4.02. The Morgan fingerprint density at radius 3 is 3.25 bits per heavy atom. The predicted octanol–water partition coefficient (Wildman–Crippen LogP) is 2.06. The third-order valence-electron chi connectivity index (χ3n) is 2.52. The Morgan fingerprint density at radius 1 is 1.50 bits per heavy atom. The summed E-state index contributed by atoms with van der Waals surface area (Å²) in [5.41, 5.74) is 0.900. The molecule has 0 saturated carbocycles. The molecule has 0 amide bonds. The van der Waals surface area contributed by atoms with Gasteiger partial charge in [-0.2, -0.15) is 0 Å². The largest absolute Gasteiger partial charge is 0.463 e. The second-order valence-corrected chi connectivity index (χ2v) is 4.52. The molecule has 2 aromatic rings. The van der Waals surface area contributed by atoms with Gasteiger partial charge in [-0.3, -0.25) is 0 Å². The highest BCUT2D eigenvalue weighted by Gasteiger charge is 2.19. The first-order valence-electron chi connectivity index (χ1n) is 5.24. The van der Waals surface area contributed by atoms with Crippen LogP contribution >= 0.6 is 11.3 Å². The smallest absolute Gasteiger partial charge is 0.153 e. The topological polar surface area (TPSA) is 47.3 Å². The van der Waals surface area contributed by atoms with E-state index in [2.05, 4.69) is 10.3 Å². The Bertz CT molecular complexity index is 446. The van der Waals surface area contributed by atoms with Crippen LogP contribution in [-0.2, 0) is 4.74 Å². The summed E-state index contributed by atoms with van der Waals surface area (Å²) in [7, 11) is 0. The van der Waals surface area contributed by atoms with Crippen molar-refractivity contribution in [3.63, 3.8) is 0 Å². The van der Waals surface area contributed by atoms with Gasteiger partial charge in [-0.25, -0.2) is 4.98 Å². The minimum atomic E-state index is 0.225. The Balaban J connectivity index is 1.82. The molecular weight excluding hydrogens is 224 g/mol. The normalized spacial score (nSPS) is 21.1. The Labute approximate surface area is 97.3 Å². The molecule has 0 bridgehead atoms. The summed E-state index contributed by atoms with van der Waals surface area (Å²) in [5, 5.41) is 6.47. The van der Waals surface area contributed by atoms with Crippen LogP contribution in [-0.4, -0.2) is 24.7 Å². The van der Waals surface area contributed by atoms with E-state index in [1.54, 1.807) is 17.6 Å². The van der Waals surface area contributed by atoms with Gasteiger partial charge >= 0.3 is 0 Å². The molecule has 0 aliphatic carbocycles. The predicted molar refractivity (Wildman–Crippen MR) is 61.4 cm³/mol. The molecule has 4 nitrogen and oxygen atoms in total. The summed E-state index contributed by atoms with van der Waals surface area (Å²) >= 11 is 1.64. The zero-order chi connectivity index (χ0) is 10.8.